The molecule has 0 saturated carbocycles. The molecule has 0 aromatic heterocycles. The summed E-state index contributed by atoms with van der Waals surface area (Å²) >= 11 is 0. The number of carbonyl (C=O) groups is 2. The van der Waals surface area contributed by atoms with Gasteiger partial charge in [0.25, 0.3) is 0 Å². The van der Waals surface area contributed by atoms with Gasteiger partial charge in [-0.25, -0.2) is 9.59 Å². The Morgan fingerprint density at radius 3 is 2.42 bits per heavy atom. The molecule has 5 nitrogen and oxygen atoms in total. The van der Waals surface area contributed by atoms with Crippen molar-refractivity contribution >= 4 is 12.0 Å². The van der Waals surface area contributed by atoms with E-state index in [2.05, 4.69) is 0 Å². The Bertz CT molecular complexity index is 358. The Balaban J connectivity index is 2.85. The number of likely N-dealkylation sites (tertiary alicyclic amines) is 1. The topological polar surface area (TPSA) is 60.9 Å². The minimum atomic E-state index is -4.50. The fourth-order valence-corrected chi connectivity index (χ4v) is 2.08. The van der Waals surface area contributed by atoms with Crippen LogP contribution in [-0.2, 0) is 4.79 Å². The van der Waals surface area contributed by atoms with Crippen molar-refractivity contribution in [1.82, 2.24) is 9.80 Å². The van der Waals surface area contributed by atoms with Gasteiger partial charge in [0.15, 0.2) is 0 Å². The fraction of sp³-hybridized carbons (Fsp3) is 0.818. The number of hydrogen-bond acceptors (Lipinski definition) is 2. The van der Waals surface area contributed by atoms with E-state index in [-0.39, 0.29) is 13.0 Å². The van der Waals surface area contributed by atoms with Crippen molar-refractivity contribution in [3.05, 3.63) is 0 Å². The molecule has 1 heterocycles. The summed E-state index contributed by atoms with van der Waals surface area (Å²) in [7, 11) is 0. The maximum atomic E-state index is 12.4. The van der Waals surface area contributed by atoms with E-state index in [1.165, 1.54) is 13.8 Å². The van der Waals surface area contributed by atoms with E-state index in [1.807, 2.05) is 0 Å². The van der Waals surface area contributed by atoms with Crippen LogP contribution in [0.3, 0.4) is 0 Å². The molecule has 0 aromatic carbocycles. The van der Waals surface area contributed by atoms with Crippen molar-refractivity contribution in [1.29, 1.82) is 0 Å². The number of alkyl halides is 3. The zero-order chi connectivity index (χ0) is 14.8. The molecule has 0 aromatic rings. The molecule has 1 aliphatic heterocycles. The Kier molecular flexibility index (Phi) is 4.65. The molecule has 110 valence electrons. The van der Waals surface area contributed by atoms with Crippen LogP contribution in [0.25, 0.3) is 0 Å². The van der Waals surface area contributed by atoms with Gasteiger partial charge in [0.05, 0.1) is 0 Å². The van der Waals surface area contributed by atoms with Gasteiger partial charge in [-0.2, -0.15) is 13.2 Å². The molecule has 1 atom stereocenters. The van der Waals surface area contributed by atoms with Crippen molar-refractivity contribution in [2.75, 3.05) is 13.1 Å². The number of rotatable bonds is 3. The van der Waals surface area contributed by atoms with Gasteiger partial charge < -0.3 is 14.9 Å². The highest BCUT2D eigenvalue weighted by atomic mass is 19.4. The van der Waals surface area contributed by atoms with Crippen LogP contribution in [0, 0.1) is 0 Å². The maximum Gasteiger partial charge on any atom is 0.406 e. The molecular weight excluding hydrogens is 265 g/mol. The van der Waals surface area contributed by atoms with Crippen LogP contribution in [0.4, 0.5) is 18.0 Å². The first-order valence-electron chi connectivity index (χ1n) is 6.00. The monoisotopic (exact) mass is 282 g/mol. The fourth-order valence-electron chi connectivity index (χ4n) is 2.08. The van der Waals surface area contributed by atoms with Gasteiger partial charge in [-0.15, -0.1) is 0 Å². The van der Waals surface area contributed by atoms with Crippen molar-refractivity contribution in [2.45, 2.75) is 44.9 Å². The number of nitrogens with zero attached hydrogens (tertiary/aromatic N) is 2. The largest absolute Gasteiger partial charge is 0.480 e. The van der Waals surface area contributed by atoms with Crippen LogP contribution in [0.5, 0.6) is 0 Å². The Morgan fingerprint density at radius 1 is 1.42 bits per heavy atom. The first-order valence-corrected chi connectivity index (χ1v) is 6.00. The summed E-state index contributed by atoms with van der Waals surface area (Å²) in [5.74, 6) is -1.18. The third-order valence-corrected chi connectivity index (χ3v) is 3.00. The summed E-state index contributed by atoms with van der Waals surface area (Å²) < 4.78 is 37.3. The third-order valence-electron chi connectivity index (χ3n) is 3.00. The van der Waals surface area contributed by atoms with E-state index in [1.54, 1.807) is 0 Å². The summed E-state index contributed by atoms with van der Waals surface area (Å²) in [4.78, 5) is 24.7. The molecule has 1 saturated heterocycles. The van der Waals surface area contributed by atoms with E-state index in [4.69, 9.17) is 5.11 Å². The number of aliphatic carboxylic acids is 1. The highest BCUT2D eigenvalue weighted by molar-refractivity contribution is 5.83. The summed E-state index contributed by atoms with van der Waals surface area (Å²) in [6.07, 6.45) is -3.74. The number of amides is 2. The summed E-state index contributed by atoms with van der Waals surface area (Å²) in [6, 6.07) is -2.54. The van der Waals surface area contributed by atoms with E-state index in [9.17, 15) is 22.8 Å². The minimum absolute atomic E-state index is 0.177. The molecule has 2 amide bonds. The SMILES string of the molecule is CC(C)N(CC(F)(F)F)C(=O)N1CCCC1C(=O)O. The highest BCUT2D eigenvalue weighted by Gasteiger charge is 2.40. The van der Waals surface area contributed by atoms with Crippen LogP contribution in [0.1, 0.15) is 26.7 Å². The lowest BCUT2D eigenvalue weighted by atomic mass is 10.2. The van der Waals surface area contributed by atoms with Crippen molar-refractivity contribution in [2.24, 2.45) is 0 Å². The van der Waals surface area contributed by atoms with Crippen LogP contribution in [0.15, 0.2) is 0 Å². The second-order valence-corrected chi connectivity index (χ2v) is 4.81. The van der Waals surface area contributed by atoms with Gasteiger partial charge in [0.1, 0.15) is 12.6 Å². The van der Waals surface area contributed by atoms with E-state index in [0.29, 0.717) is 11.3 Å². The van der Waals surface area contributed by atoms with Gasteiger partial charge in [-0.3, -0.25) is 0 Å². The van der Waals surface area contributed by atoms with Gasteiger partial charge in [0.2, 0.25) is 0 Å². The van der Waals surface area contributed by atoms with E-state index < -0.39 is 36.8 Å². The molecule has 8 heteroatoms. The summed E-state index contributed by atoms with van der Waals surface area (Å²) in [6.45, 7) is 1.74. The molecule has 0 spiro atoms. The first kappa shape index (κ1) is 15.6. The number of hydrogen-bond donors (Lipinski definition) is 1. The summed E-state index contributed by atoms with van der Waals surface area (Å²) in [5, 5.41) is 8.95. The highest BCUT2D eigenvalue weighted by Crippen LogP contribution is 2.23. The van der Waals surface area contributed by atoms with Gasteiger partial charge in [-0.05, 0) is 26.7 Å². The van der Waals surface area contributed by atoms with Gasteiger partial charge in [-0.1, -0.05) is 0 Å². The Labute approximate surface area is 109 Å². The molecule has 1 rings (SSSR count). The molecule has 19 heavy (non-hydrogen) atoms. The van der Waals surface area contributed by atoms with Crippen LogP contribution in [0.2, 0.25) is 0 Å². The predicted molar refractivity (Wildman–Crippen MR) is 60.7 cm³/mol. The maximum absolute atomic E-state index is 12.4. The molecule has 0 bridgehead atoms. The third kappa shape index (κ3) is 4.00. The zero-order valence-electron chi connectivity index (χ0n) is 10.8. The van der Waals surface area contributed by atoms with Gasteiger partial charge in [0, 0.05) is 12.6 Å². The van der Waals surface area contributed by atoms with Gasteiger partial charge >= 0.3 is 18.2 Å². The molecule has 1 unspecified atom stereocenters. The second-order valence-electron chi connectivity index (χ2n) is 4.81. The first-order chi connectivity index (χ1) is 8.63. The normalized spacial score (nSPS) is 19.9. The lowest BCUT2D eigenvalue weighted by Crippen LogP contribution is -2.52. The smallest absolute Gasteiger partial charge is 0.406 e. The van der Waals surface area contributed by atoms with Crippen LogP contribution >= 0.6 is 0 Å². The van der Waals surface area contributed by atoms with E-state index in [0.717, 1.165) is 4.90 Å². The lowest BCUT2D eigenvalue weighted by molar-refractivity contribution is -0.145. The second kappa shape index (κ2) is 5.66. The quantitative estimate of drug-likeness (QED) is 0.860. The number of carboxylic acids is 1. The van der Waals surface area contributed by atoms with E-state index >= 15 is 0 Å². The molecule has 0 radical (unpaired) electrons. The number of halogens is 3. The minimum Gasteiger partial charge on any atom is -0.480 e. The Hall–Kier alpha value is -1.47. The zero-order valence-corrected chi connectivity index (χ0v) is 10.8. The van der Waals surface area contributed by atoms with Crippen molar-refractivity contribution in [3.63, 3.8) is 0 Å². The predicted octanol–water partition coefficient (Wildman–Crippen LogP) is 1.93. The molecule has 1 fully saturated rings. The standard InChI is InChI=1S/C11H17F3N2O3/c1-7(2)16(6-11(12,13)14)10(19)15-5-3-4-8(15)9(17)18/h7-8H,3-6H2,1-2H3,(H,17,18). The number of carboxylic acid groups (broad SMARTS) is 1. The van der Waals surface area contributed by atoms with Crippen LogP contribution in [-0.4, -0.2) is 58.3 Å². The molecule has 0 aliphatic carbocycles. The number of urea groups is 1. The van der Waals surface area contributed by atoms with Crippen LogP contribution < -0.4 is 0 Å². The average molecular weight is 282 g/mol. The molecular formula is C11H17F3N2O3. The summed E-state index contributed by atoms with van der Waals surface area (Å²) in [5.41, 5.74) is 0. The molecule has 1 N–H and O–H groups in total. The molecule has 1 aliphatic rings. The average Bonchev–Trinajstić information content (AvgIpc) is 2.72. The van der Waals surface area contributed by atoms with Crippen molar-refractivity contribution < 1.29 is 27.9 Å². The lowest BCUT2D eigenvalue weighted by Gasteiger charge is -2.33. The van der Waals surface area contributed by atoms with Crippen molar-refractivity contribution in [3.8, 4) is 0 Å². The number of carbonyl (C=O) groups excluding carboxylic acids is 1. The Morgan fingerprint density at radius 2 is 2.00 bits per heavy atom.